The van der Waals surface area contributed by atoms with Crippen molar-refractivity contribution in [1.82, 2.24) is 5.32 Å². The Morgan fingerprint density at radius 3 is 2.45 bits per heavy atom. The van der Waals surface area contributed by atoms with E-state index in [0.717, 1.165) is 25.8 Å². The monoisotopic (exact) mass is 347 g/mol. The van der Waals surface area contributed by atoms with Crippen LogP contribution in [0.4, 0.5) is 5.69 Å². The molecule has 0 saturated carbocycles. The van der Waals surface area contributed by atoms with Gasteiger partial charge in [0.05, 0.1) is 11.3 Å². The van der Waals surface area contributed by atoms with Gasteiger partial charge in [-0.2, -0.15) is 0 Å². The van der Waals surface area contributed by atoms with Gasteiger partial charge >= 0.3 is 0 Å². The number of sulfonamides is 1. The molecule has 1 amide bonds. The molecule has 22 heavy (non-hydrogen) atoms. The van der Waals surface area contributed by atoms with Gasteiger partial charge < -0.3 is 10.6 Å². The van der Waals surface area contributed by atoms with Gasteiger partial charge in [-0.15, -0.1) is 12.4 Å². The van der Waals surface area contributed by atoms with E-state index in [4.69, 9.17) is 5.14 Å². The van der Waals surface area contributed by atoms with Crippen LogP contribution in [0.15, 0.2) is 24.3 Å². The first kappa shape index (κ1) is 18.9. The molecule has 0 radical (unpaired) electrons. The van der Waals surface area contributed by atoms with Gasteiger partial charge in [-0.1, -0.05) is 12.1 Å². The molecule has 8 heteroatoms. The number of hydrogen-bond acceptors (Lipinski definition) is 4. The summed E-state index contributed by atoms with van der Waals surface area (Å²) < 4.78 is 22.0. The lowest BCUT2D eigenvalue weighted by molar-refractivity contribution is -0.122. The maximum atomic E-state index is 12.3. The summed E-state index contributed by atoms with van der Waals surface area (Å²) in [5.74, 6) is -0.276. The molecule has 2 rings (SSSR count). The van der Waals surface area contributed by atoms with Crippen LogP contribution in [-0.4, -0.2) is 26.4 Å². The lowest BCUT2D eigenvalue weighted by Gasteiger charge is -2.33. The first-order valence-electron chi connectivity index (χ1n) is 6.94. The number of halogens is 1. The molecule has 1 aromatic carbocycles. The molecule has 124 valence electrons. The molecule has 0 spiro atoms. The van der Waals surface area contributed by atoms with Crippen LogP contribution in [0.3, 0.4) is 0 Å². The van der Waals surface area contributed by atoms with Crippen LogP contribution in [0, 0.1) is 0 Å². The number of rotatable bonds is 4. The lowest BCUT2D eigenvalue weighted by atomic mass is 9.90. The zero-order chi connectivity index (χ0) is 15.5. The van der Waals surface area contributed by atoms with Gasteiger partial charge in [0.15, 0.2) is 0 Å². The fraction of sp³-hybridized carbons (Fsp3) is 0.500. The third-order valence-corrected chi connectivity index (χ3v) is 4.44. The first-order valence-corrected chi connectivity index (χ1v) is 8.66. The Labute approximate surface area is 137 Å². The molecule has 1 aliphatic heterocycles. The molecule has 1 heterocycles. The number of nitrogens with one attached hydrogen (secondary N) is 2. The molecule has 4 N–H and O–H groups in total. The molecular weight excluding hydrogens is 326 g/mol. The molecule has 0 bridgehead atoms. The Morgan fingerprint density at radius 2 is 1.95 bits per heavy atom. The van der Waals surface area contributed by atoms with Gasteiger partial charge in [-0.05, 0) is 50.4 Å². The van der Waals surface area contributed by atoms with Crippen LogP contribution in [0.2, 0.25) is 0 Å². The van der Waals surface area contributed by atoms with E-state index in [1.165, 1.54) is 0 Å². The highest BCUT2D eigenvalue weighted by Crippen LogP contribution is 2.21. The normalized spacial score (nSPS) is 21.7. The van der Waals surface area contributed by atoms with Crippen LogP contribution < -0.4 is 15.8 Å². The smallest absolute Gasteiger partial charge is 0.244 e. The Kier molecular flexibility index (Phi) is 6.37. The minimum absolute atomic E-state index is 0. The second-order valence-electron chi connectivity index (χ2n) is 5.67. The highest BCUT2D eigenvalue weighted by molar-refractivity contribution is 7.88. The Balaban J connectivity index is 0.00000242. The summed E-state index contributed by atoms with van der Waals surface area (Å²) in [5, 5.41) is 11.1. The third-order valence-electron chi connectivity index (χ3n) is 3.70. The van der Waals surface area contributed by atoms with E-state index in [0.29, 0.717) is 11.3 Å². The first-order chi connectivity index (χ1) is 9.78. The highest BCUT2D eigenvalue weighted by atomic mass is 35.5. The van der Waals surface area contributed by atoms with Crippen LogP contribution in [-0.2, 0) is 20.6 Å². The molecule has 6 nitrogen and oxygen atoms in total. The molecule has 1 aliphatic rings. The number of carbonyl (C=O) groups is 1. The van der Waals surface area contributed by atoms with Crippen molar-refractivity contribution in [2.45, 2.75) is 37.5 Å². The van der Waals surface area contributed by atoms with Crippen molar-refractivity contribution < 1.29 is 13.2 Å². The largest absolute Gasteiger partial charge is 0.324 e. The van der Waals surface area contributed by atoms with Gasteiger partial charge in [0, 0.05) is 5.69 Å². The zero-order valence-electron chi connectivity index (χ0n) is 12.5. The van der Waals surface area contributed by atoms with E-state index in [2.05, 4.69) is 10.6 Å². The van der Waals surface area contributed by atoms with E-state index >= 15 is 0 Å². The molecule has 0 aromatic heterocycles. The molecule has 1 atom stereocenters. The van der Waals surface area contributed by atoms with Crippen molar-refractivity contribution in [3.8, 4) is 0 Å². The second-order valence-corrected chi connectivity index (χ2v) is 7.29. The average molecular weight is 348 g/mol. The van der Waals surface area contributed by atoms with Crippen LogP contribution in [0.5, 0.6) is 0 Å². The van der Waals surface area contributed by atoms with Crippen molar-refractivity contribution in [3.63, 3.8) is 0 Å². The molecule has 1 aromatic rings. The number of hydrogen-bond donors (Lipinski definition) is 3. The fourth-order valence-electron chi connectivity index (χ4n) is 2.44. The average Bonchev–Trinajstić information content (AvgIpc) is 2.40. The van der Waals surface area contributed by atoms with Gasteiger partial charge in [0.1, 0.15) is 0 Å². The number of anilines is 1. The van der Waals surface area contributed by atoms with E-state index in [1.54, 1.807) is 24.3 Å². The van der Waals surface area contributed by atoms with E-state index < -0.39 is 15.6 Å². The number of benzene rings is 1. The van der Waals surface area contributed by atoms with Crippen LogP contribution >= 0.6 is 12.4 Å². The predicted octanol–water partition coefficient (Wildman–Crippen LogP) is 1.37. The maximum Gasteiger partial charge on any atom is 0.244 e. The lowest BCUT2D eigenvalue weighted by Crippen LogP contribution is -2.54. The van der Waals surface area contributed by atoms with Crippen molar-refractivity contribution in [1.29, 1.82) is 0 Å². The number of primary sulfonamides is 1. The molecule has 1 unspecified atom stereocenters. The number of nitrogens with two attached hydrogens (primary N) is 1. The number of amides is 1. The SMILES string of the molecule is CC1(C(=O)Nc2ccc(CS(N)(=O)=O)cc2)CCCCN1.Cl. The summed E-state index contributed by atoms with van der Waals surface area (Å²) in [5.41, 5.74) is 0.696. The zero-order valence-corrected chi connectivity index (χ0v) is 14.1. The van der Waals surface area contributed by atoms with Crippen LogP contribution in [0.1, 0.15) is 31.7 Å². The Morgan fingerprint density at radius 1 is 1.32 bits per heavy atom. The number of piperidine rings is 1. The van der Waals surface area contributed by atoms with E-state index in [-0.39, 0.29) is 24.1 Å². The summed E-state index contributed by atoms with van der Waals surface area (Å²) in [6.45, 7) is 2.74. The van der Waals surface area contributed by atoms with E-state index in [1.807, 2.05) is 6.92 Å². The summed E-state index contributed by atoms with van der Waals surface area (Å²) in [7, 11) is -3.54. The summed E-state index contributed by atoms with van der Waals surface area (Å²) >= 11 is 0. The molecule has 1 saturated heterocycles. The van der Waals surface area contributed by atoms with Crippen molar-refractivity contribution in [3.05, 3.63) is 29.8 Å². The predicted molar refractivity (Wildman–Crippen MR) is 89.4 cm³/mol. The Hall–Kier alpha value is -1.15. The van der Waals surface area contributed by atoms with Gasteiger partial charge in [0.2, 0.25) is 15.9 Å². The van der Waals surface area contributed by atoms with Gasteiger partial charge in [-0.25, -0.2) is 13.6 Å². The minimum Gasteiger partial charge on any atom is -0.324 e. The van der Waals surface area contributed by atoms with Gasteiger partial charge in [0.25, 0.3) is 0 Å². The third kappa shape index (κ3) is 5.24. The highest BCUT2D eigenvalue weighted by Gasteiger charge is 2.34. The van der Waals surface area contributed by atoms with Crippen LogP contribution in [0.25, 0.3) is 0 Å². The number of carbonyl (C=O) groups excluding carboxylic acids is 1. The summed E-state index contributed by atoms with van der Waals surface area (Å²) in [4.78, 5) is 12.3. The minimum atomic E-state index is -3.54. The fourth-order valence-corrected chi connectivity index (χ4v) is 3.09. The van der Waals surface area contributed by atoms with Crippen molar-refractivity contribution in [2.24, 2.45) is 5.14 Å². The maximum absolute atomic E-state index is 12.3. The molecular formula is C14H22ClN3O3S. The van der Waals surface area contributed by atoms with Crippen molar-refractivity contribution in [2.75, 3.05) is 11.9 Å². The van der Waals surface area contributed by atoms with Crippen molar-refractivity contribution >= 4 is 34.0 Å². The Bertz CT molecular complexity index is 611. The summed E-state index contributed by atoms with van der Waals surface area (Å²) in [6.07, 6.45) is 2.93. The molecule has 0 aliphatic carbocycles. The summed E-state index contributed by atoms with van der Waals surface area (Å²) in [6, 6.07) is 6.67. The van der Waals surface area contributed by atoms with E-state index in [9.17, 15) is 13.2 Å². The second kappa shape index (κ2) is 7.41. The quantitative estimate of drug-likeness (QED) is 0.765. The molecule has 1 fully saturated rings. The topological polar surface area (TPSA) is 101 Å². The standard InChI is InChI=1S/C14H21N3O3S.ClH/c1-14(8-2-3-9-16-14)13(18)17-12-6-4-11(5-7-12)10-21(15,19)20;/h4-7,16H,2-3,8-10H2,1H3,(H,17,18)(H2,15,19,20);1H. The van der Waals surface area contributed by atoms with Gasteiger partial charge in [-0.3, -0.25) is 4.79 Å².